The van der Waals surface area contributed by atoms with E-state index in [9.17, 15) is 0 Å². The van der Waals surface area contributed by atoms with Gasteiger partial charge in [-0.25, -0.2) is 9.97 Å². The fraction of sp³-hybridized carbons (Fsp3) is 0. The summed E-state index contributed by atoms with van der Waals surface area (Å²) in [6.45, 7) is 0. The molecule has 0 spiro atoms. The quantitative estimate of drug-likeness (QED) is 0.149. The summed E-state index contributed by atoms with van der Waals surface area (Å²) in [5.74, 6) is 0.696. The maximum absolute atomic E-state index is 5.42. The Morgan fingerprint density at radius 1 is 0.244 bits per heavy atom. The van der Waals surface area contributed by atoms with E-state index < -0.39 is 0 Å². The Labute approximate surface area is 496 Å². The average Bonchev–Trinajstić information content (AvgIpc) is 2.16. The van der Waals surface area contributed by atoms with E-state index >= 15 is 0 Å². The molecule has 372 valence electrons. The van der Waals surface area contributed by atoms with Crippen LogP contribution in [0.4, 0.5) is 0 Å². The van der Waals surface area contributed by atoms with Gasteiger partial charge in [-0.2, -0.15) is 0 Å². The largest absolute Gasteiger partial charge is 0.310 e. The summed E-state index contributed by atoms with van der Waals surface area (Å²) in [5, 5.41) is 7.74. The standard InChI is InChI=1S/C62H56B16N4/c63-42-38-39-43(64)47(68)51(72)55(76)59(39)81(58(38)54(75)50(71)46(42)67)30-21-29(22-31(23-30)82-60-40(44(65)48(69)52(73)56(60)77)41-45(66)49(70)53(74)57(78)61(41)82)32-19-20-35(34-14-8-7-13-33(32)34)37-24-36(79-62(80-37)28-11-5-2-6-12-28)27-17-15-26(16-18-27)25-9-3-1-4-10-25/h1-24H,63-78H2. The SMILES string of the molecule is Bc1c(B)c(B)c2c(c1B)c1c(B)c(B)c(B)c(B)c1n2-c1cc(-c2ccc(-c3cc(-c4ccc(-c5ccccc5)cc4)nc(-c4ccccc4)n3)c3ccccc23)cc(-n2c3c(B)c(B)c(B)c(B)c3c3c(B)c(B)c(B)c(B)c32)c1. The highest BCUT2D eigenvalue weighted by atomic mass is 15.0. The van der Waals surface area contributed by atoms with Gasteiger partial charge in [0.2, 0.25) is 0 Å². The lowest BCUT2D eigenvalue weighted by atomic mass is 9.63. The van der Waals surface area contributed by atoms with Gasteiger partial charge >= 0.3 is 0 Å². The van der Waals surface area contributed by atoms with Crippen LogP contribution >= 0.6 is 0 Å². The highest BCUT2D eigenvalue weighted by molar-refractivity contribution is 6.73. The molecule has 82 heavy (non-hydrogen) atoms. The van der Waals surface area contributed by atoms with E-state index in [-0.39, 0.29) is 0 Å². The van der Waals surface area contributed by atoms with Gasteiger partial charge in [0.15, 0.2) is 5.82 Å². The molecule has 13 aromatic rings. The Bertz CT molecular complexity index is 4590. The third kappa shape index (κ3) is 7.97. The highest BCUT2D eigenvalue weighted by Crippen LogP contribution is 2.40. The summed E-state index contributed by atoms with van der Waals surface area (Å²) in [6, 6.07) is 53.0. The lowest BCUT2D eigenvalue weighted by Gasteiger charge is -2.21. The van der Waals surface area contributed by atoms with Crippen molar-refractivity contribution in [3.63, 3.8) is 0 Å². The molecule has 0 radical (unpaired) electrons. The predicted octanol–water partition coefficient (Wildman–Crippen LogP) is -11.7. The summed E-state index contributed by atoms with van der Waals surface area (Å²) in [6.07, 6.45) is 0. The second-order valence-corrected chi connectivity index (χ2v) is 23.8. The minimum Gasteiger partial charge on any atom is -0.310 e. The third-order valence-corrected chi connectivity index (χ3v) is 20.0. The first-order valence-corrected chi connectivity index (χ1v) is 29.2. The molecule has 13 rings (SSSR count). The van der Waals surface area contributed by atoms with Crippen molar-refractivity contribution < 1.29 is 0 Å². The molecular formula is C62H56B16N4. The molecule has 0 fully saturated rings. The molecule has 0 unspecified atom stereocenters. The second kappa shape index (κ2) is 20.0. The van der Waals surface area contributed by atoms with Crippen LogP contribution in [0.25, 0.3) is 122 Å². The molecule has 0 aliphatic rings. The molecule has 0 atom stereocenters. The van der Waals surface area contributed by atoms with Crippen LogP contribution in [0.3, 0.4) is 0 Å². The minimum atomic E-state index is 0.696. The minimum absolute atomic E-state index is 0.696. The van der Waals surface area contributed by atoms with Crippen LogP contribution in [-0.2, 0) is 0 Å². The van der Waals surface area contributed by atoms with Gasteiger partial charge in [-0.1, -0.05) is 187 Å². The molecule has 0 bridgehead atoms. The first kappa shape index (κ1) is 53.5. The average molecular weight is 1030 g/mol. The zero-order valence-corrected chi connectivity index (χ0v) is 50.6. The molecule has 0 saturated carbocycles. The third-order valence-electron chi connectivity index (χ3n) is 20.0. The monoisotopic (exact) mass is 1030 g/mol. The maximum Gasteiger partial charge on any atom is 0.160 e. The molecule has 0 N–H and O–H groups in total. The van der Waals surface area contributed by atoms with E-state index in [1.807, 2.05) is 6.07 Å². The number of rotatable bonds is 7. The first-order chi connectivity index (χ1) is 39.4. The summed E-state index contributed by atoms with van der Waals surface area (Å²) in [4.78, 5) is 10.7. The van der Waals surface area contributed by atoms with Gasteiger partial charge in [-0.05, 0) is 78.8 Å². The molecule has 10 aromatic carbocycles. The number of nitrogens with zero attached hydrogens (tertiary/aromatic N) is 4. The lowest BCUT2D eigenvalue weighted by Crippen LogP contribution is -2.49. The summed E-state index contributed by atoms with van der Waals surface area (Å²) in [7, 11) is 37.3. The maximum atomic E-state index is 5.42. The van der Waals surface area contributed by atoms with Gasteiger partial charge in [0, 0.05) is 50.1 Å². The smallest absolute Gasteiger partial charge is 0.160 e. The molecule has 4 nitrogen and oxygen atoms in total. The van der Waals surface area contributed by atoms with Crippen LogP contribution in [-0.4, -0.2) is 145 Å². The number of fused-ring (bicyclic) bond motifs is 7. The normalized spacial score (nSPS) is 11.7. The number of hydrogen-bond acceptors (Lipinski definition) is 2. The van der Waals surface area contributed by atoms with Crippen molar-refractivity contribution >= 4 is 267 Å². The van der Waals surface area contributed by atoms with Gasteiger partial charge < -0.3 is 9.13 Å². The summed E-state index contributed by atoms with van der Waals surface area (Å²) >= 11 is 0. The fourth-order valence-corrected chi connectivity index (χ4v) is 13.9. The van der Waals surface area contributed by atoms with E-state index in [0.29, 0.717) is 5.82 Å². The molecule has 20 heteroatoms. The van der Waals surface area contributed by atoms with Crippen molar-refractivity contribution in [2.75, 3.05) is 0 Å². The second-order valence-electron chi connectivity index (χ2n) is 23.8. The number of aromatic nitrogens is 4. The Kier molecular flexibility index (Phi) is 13.0. The van der Waals surface area contributed by atoms with Crippen molar-refractivity contribution in [2.24, 2.45) is 0 Å². The zero-order chi connectivity index (χ0) is 57.5. The Hall–Kier alpha value is -7.82. The van der Waals surface area contributed by atoms with E-state index in [2.05, 4.69) is 274 Å². The number of hydrogen-bond donors (Lipinski definition) is 0. The van der Waals surface area contributed by atoms with Crippen LogP contribution in [0, 0.1) is 0 Å². The van der Waals surface area contributed by atoms with E-state index in [1.54, 1.807) is 0 Å². The predicted molar refractivity (Wildman–Crippen MR) is 406 cm³/mol. The van der Waals surface area contributed by atoms with Crippen LogP contribution in [0.15, 0.2) is 146 Å². The van der Waals surface area contributed by atoms with E-state index in [0.717, 1.165) is 61.4 Å². The molecular weight excluding hydrogens is 974 g/mol. The van der Waals surface area contributed by atoms with E-state index in [1.165, 1.54) is 142 Å². The molecule has 0 amide bonds. The van der Waals surface area contributed by atoms with Crippen LogP contribution < -0.4 is 87.4 Å². The topological polar surface area (TPSA) is 35.6 Å². The van der Waals surface area contributed by atoms with Crippen molar-refractivity contribution in [3.05, 3.63) is 146 Å². The Balaban J connectivity index is 1.14. The van der Waals surface area contributed by atoms with E-state index in [4.69, 9.17) is 9.97 Å². The fourth-order valence-electron chi connectivity index (χ4n) is 13.9. The van der Waals surface area contributed by atoms with Crippen molar-refractivity contribution in [1.82, 2.24) is 19.1 Å². The summed E-state index contributed by atoms with van der Waals surface area (Å²) < 4.78 is 5.32. The first-order valence-electron chi connectivity index (χ1n) is 29.2. The van der Waals surface area contributed by atoms with Crippen molar-refractivity contribution in [3.8, 4) is 67.5 Å². The van der Waals surface area contributed by atoms with Crippen LogP contribution in [0.1, 0.15) is 0 Å². The molecule has 3 heterocycles. The van der Waals surface area contributed by atoms with Gasteiger partial charge in [-0.3, -0.25) is 0 Å². The van der Waals surface area contributed by atoms with Crippen molar-refractivity contribution in [1.29, 1.82) is 0 Å². The Morgan fingerprint density at radius 3 is 1.00 bits per heavy atom. The van der Waals surface area contributed by atoms with Crippen molar-refractivity contribution in [2.45, 2.75) is 0 Å². The van der Waals surface area contributed by atoms with Gasteiger partial charge in [-0.15, -0.1) is 21.9 Å². The number of benzene rings is 10. The van der Waals surface area contributed by atoms with Gasteiger partial charge in [0.05, 0.1) is 11.4 Å². The van der Waals surface area contributed by atoms with Crippen LogP contribution in [0.2, 0.25) is 0 Å². The van der Waals surface area contributed by atoms with Crippen LogP contribution in [0.5, 0.6) is 0 Å². The molecule has 0 aliphatic carbocycles. The Morgan fingerprint density at radius 2 is 0.573 bits per heavy atom. The van der Waals surface area contributed by atoms with Gasteiger partial charge in [0.1, 0.15) is 126 Å². The molecule has 0 saturated heterocycles. The lowest BCUT2D eigenvalue weighted by molar-refractivity contribution is 1.14. The molecule has 3 aromatic heterocycles. The molecule has 0 aliphatic heterocycles. The zero-order valence-electron chi connectivity index (χ0n) is 50.6. The summed E-state index contributed by atoms with van der Waals surface area (Å²) in [5.41, 5.74) is 38.5. The van der Waals surface area contributed by atoms with Gasteiger partial charge in [0.25, 0.3) is 0 Å². The highest BCUT2D eigenvalue weighted by Gasteiger charge is 2.28.